The van der Waals surface area contributed by atoms with Crippen LogP contribution in [0.5, 0.6) is 0 Å². The monoisotopic (exact) mass is 261 g/mol. The number of hydrogen-bond donors (Lipinski definition) is 1. The van der Waals surface area contributed by atoms with Gasteiger partial charge in [0.15, 0.2) is 0 Å². The summed E-state index contributed by atoms with van der Waals surface area (Å²) >= 11 is 0. The highest BCUT2D eigenvalue weighted by Gasteiger charge is 2.46. The highest BCUT2D eigenvalue weighted by atomic mass is 16.5. The van der Waals surface area contributed by atoms with Gasteiger partial charge in [0.1, 0.15) is 12.2 Å². The number of rotatable bonds is 3. The molecule has 0 spiro atoms. The third kappa shape index (κ3) is 2.05. The van der Waals surface area contributed by atoms with Gasteiger partial charge in [0.25, 0.3) is 11.8 Å². The summed E-state index contributed by atoms with van der Waals surface area (Å²) in [5, 5.41) is 8.86. The second-order valence-electron chi connectivity index (χ2n) is 4.84. The van der Waals surface area contributed by atoms with Crippen molar-refractivity contribution in [2.45, 2.75) is 31.5 Å². The number of anilines is 1. The van der Waals surface area contributed by atoms with E-state index >= 15 is 0 Å². The van der Waals surface area contributed by atoms with E-state index in [2.05, 4.69) is 0 Å². The molecule has 100 valence electrons. The second-order valence-corrected chi connectivity index (χ2v) is 4.84. The number of hydrogen-bond acceptors (Lipinski definition) is 4. The van der Waals surface area contributed by atoms with Gasteiger partial charge in [-0.15, -0.1) is 0 Å². The first-order valence-electron chi connectivity index (χ1n) is 6.44. The standard InChI is InChI=1S/C14H15NO4/c16-8-7-9-1-3-10(4-2-9)15-13(17)11-5-6-12(19-11)14(15)18/h1-4,11-12,16H,5-8H2. The third-order valence-corrected chi connectivity index (χ3v) is 3.61. The second kappa shape index (κ2) is 4.75. The summed E-state index contributed by atoms with van der Waals surface area (Å²) in [4.78, 5) is 25.5. The Balaban J connectivity index is 1.88. The van der Waals surface area contributed by atoms with Crippen molar-refractivity contribution in [1.82, 2.24) is 0 Å². The molecule has 3 rings (SSSR count). The average molecular weight is 261 g/mol. The quantitative estimate of drug-likeness (QED) is 0.811. The van der Waals surface area contributed by atoms with E-state index in [1.165, 1.54) is 4.90 Å². The lowest BCUT2D eigenvalue weighted by Crippen LogP contribution is -2.52. The van der Waals surface area contributed by atoms with Gasteiger partial charge in [-0.3, -0.25) is 9.59 Å². The van der Waals surface area contributed by atoms with Crippen LogP contribution in [0.15, 0.2) is 24.3 Å². The predicted octanol–water partition coefficient (Wildman–Crippen LogP) is 0.642. The fourth-order valence-corrected chi connectivity index (χ4v) is 2.59. The van der Waals surface area contributed by atoms with Gasteiger partial charge in [0, 0.05) is 6.61 Å². The molecular formula is C14H15NO4. The van der Waals surface area contributed by atoms with Crippen molar-refractivity contribution >= 4 is 17.5 Å². The molecule has 1 aromatic carbocycles. The normalized spacial score (nSPS) is 26.1. The molecule has 2 saturated heterocycles. The van der Waals surface area contributed by atoms with Crippen molar-refractivity contribution in [2.24, 2.45) is 0 Å². The zero-order valence-corrected chi connectivity index (χ0v) is 10.4. The van der Waals surface area contributed by atoms with Crippen LogP contribution in [-0.4, -0.2) is 35.7 Å². The molecule has 0 radical (unpaired) electrons. The molecule has 0 aromatic heterocycles. The summed E-state index contributed by atoms with van der Waals surface area (Å²) in [7, 11) is 0. The number of aliphatic hydroxyl groups is 1. The summed E-state index contributed by atoms with van der Waals surface area (Å²) in [6, 6.07) is 7.13. The number of fused-ring (bicyclic) bond motifs is 2. The minimum absolute atomic E-state index is 0.0823. The number of imide groups is 1. The zero-order valence-electron chi connectivity index (χ0n) is 10.4. The summed E-state index contributed by atoms with van der Waals surface area (Å²) < 4.78 is 5.36. The number of aliphatic hydroxyl groups excluding tert-OH is 1. The van der Waals surface area contributed by atoms with Crippen LogP contribution in [0.25, 0.3) is 0 Å². The van der Waals surface area contributed by atoms with Gasteiger partial charge in [-0.05, 0) is 37.0 Å². The molecule has 2 atom stereocenters. The average Bonchev–Trinajstić information content (AvgIpc) is 2.86. The van der Waals surface area contributed by atoms with E-state index in [1.807, 2.05) is 12.1 Å². The first kappa shape index (κ1) is 12.3. The highest BCUT2D eigenvalue weighted by Crippen LogP contribution is 2.31. The molecule has 1 N–H and O–H groups in total. The summed E-state index contributed by atoms with van der Waals surface area (Å²) in [6.45, 7) is 0.0823. The van der Waals surface area contributed by atoms with Gasteiger partial charge in [-0.2, -0.15) is 0 Å². The van der Waals surface area contributed by atoms with E-state index in [0.29, 0.717) is 24.9 Å². The van der Waals surface area contributed by atoms with Crippen molar-refractivity contribution in [1.29, 1.82) is 0 Å². The third-order valence-electron chi connectivity index (χ3n) is 3.61. The maximum Gasteiger partial charge on any atom is 0.262 e. The van der Waals surface area contributed by atoms with Crippen LogP contribution in [0.1, 0.15) is 18.4 Å². The molecule has 2 unspecified atom stereocenters. The van der Waals surface area contributed by atoms with E-state index in [0.717, 1.165) is 5.56 Å². The van der Waals surface area contributed by atoms with Crippen LogP contribution < -0.4 is 4.90 Å². The van der Waals surface area contributed by atoms with E-state index in [1.54, 1.807) is 12.1 Å². The number of ether oxygens (including phenoxy) is 1. The van der Waals surface area contributed by atoms with Crippen LogP contribution in [0.2, 0.25) is 0 Å². The lowest BCUT2D eigenvalue weighted by Gasteiger charge is -2.29. The molecule has 2 heterocycles. The first-order valence-corrected chi connectivity index (χ1v) is 6.44. The van der Waals surface area contributed by atoms with Gasteiger partial charge in [0.2, 0.25) is 0 Å². The molecule has 5 heteroatoms. The topological polar surface area (TPSA) is 66.8 Å². The molecule has 5 nitrogen and oxygen atoms in total. The minimum atomic E-state index is -0.472. The number of carbonyl (C=O) groups is 2. The number of benzene rings is 1. The Morgan fingerprint density at radius 1 is 1.11 bits per heavy atom. The Morgan fingerprint density at radius 2 is 1.68 bits per heavy atom. The van der Waals surface area contributed by atoms with Gasteiger partial charge >= 0.3 is 0 Å². The van der Waals surface area contributed by atoms with Crippen LogP contribution in [-0.2, 0) is 20.7 Å². The Bertz CT molecular complexity index is 489. The van der Waals surface area contributed by atoms with Gasteiger partial charge < -0.3 is 9.84 Å². The smallest absolute Gasteiger partial charge is 0.262 e. The van der Waals surface area contributed by atoms with E-state index < -0.39 is 12.2 Å². The number of amides is 2. The molecule has 19 heavy (non-hydrogen) atoms. The Kier molecular flexibility index (Phi) is 3.08. The number of morpholine rings is 1. The summed E-state index contributed by atoms with van der Waals surface area (Å²) in [6.07, 6.45) is 0.860. The Morgan fingerprint density at radius 3 is 2.21 bits per heavy atom. The predicted molar refractivity (Wildman–Crippen MR) is 67.6 cm³/mol. The lowest BCUT2D eigenvalue weighted by atomic mass is 10.1. The molecule has 1 aromatic rings. The van der Waals surface area contributed by atoms with Crippen molar-refractivity contribution in [2.75, 3.05) is 11.5 Å². The SMILES string of the molecule is O=C1C2CCC(O2)C(=O)N1c1ccc(CCO)cc1. The Hall–Kier alpha value is -1.72. The lowest BCUT2D eigenvalue weighted by molar-refractivity contribution is -0.146. The molecule has 2 aliphatic rings. The van der Waals surface area contributed by atoms with Crippen molar-refractivity contribution in [3.63, 3.8) is 0 Å². The largest absolute Gasteiger partial charge is 0.396 e. The highest BCUT2D eigenvalue weighted by molar-refractivity contribution is 6.19. The maximum atomic E-state index is 12.1. The van der Waals surface area contributed by atoms with Crippen molar-refractivity contribution in [3.05, 3.63) is 29.8 Å². The minimum Gasteiger partial charge on any atom is -0.396 e. The number of nitrogens with zero attached hydrogens (tertiary/aromatic N) is 1. The van der Waals surface area contributed by atoms with Gasteiger partial charge in [0.05, 0.1) is 5.69 Å². The van der Waals surface area contributed by atoms with Gasteiger partial charge in [-0.25, -0.2) is 4.90 Å². The summed E-state index contributed by atoms with van der Waals surface area (Å²) in [5.41, 5.74) is 1.55. The van der Waals surface area contributed by atoms with Crippen LogP contribution in [0.4, 0.5) is 5.69 Å². The van der Waals surface area contributed by atoms with E-state index in [4.69, 9.17) is 9.84 Å². The molecule has 2 amide bonds. The molecule has 2 aliphatic heterocycles. The zero-order chi connectivity index (χ0) is 13.4. The maximum absolute atomic E-state index is 12.1. The van der Waals surface area contributed by atoms with Crippen LogP contribution >= 0.6 is 0 Å². The van der Waals surface area contributed by atoms with Crippen molar-refractivity contribution < 1.29 is 19.4 Å². The van der Waals surface area contributed by atoms with Crippen molar-refractivity contribution in [3.8, 4) is 0 Å². The molecule has 2 fully saturated rings. The number of carbonyl (C=O) groups excluding carboxylic acids is 2. The van der Waals surface area contributed by atoms with E-state index in [-0.39, 0.29) is 18.4 Å². The fourth-order valence-electron chi connectivity index (χ4n) is 2.59. The Labute approximate surface area is 110 Å². The molecule has 0 aliphatic carbocycles. The summed E-state index contributed by atoms with van der Waals surface area (Å²) in [5.74, 6) is -0.540. The van der Waals surface area contributed by atoms with Gasteiger partial charge in [-0.1, -0.05) is 12.1 Å². The first-order chi connectivity index (χ1) is 9.20. The molecule has 0 saturated carbocycles. The van der Waals surface area contributed by atoms with Crippen LogP contribution in [0.3, 0.4) is 0 Å². The molecule has 2 bridgehead atoms. The molecular weight excluding hydrogens is 246 g/mol. The fraction of sp³-hybridized carbons (Fsp3) is 0.429. The van der Waals surface area contributed by atoms with Crippen LogP contribution in [0, 0.1) is 0 Å². The van der Waals surface area contributed by atoms with E-state index in [9.17, 15) is 9.59 Å².